The molecule has 0 aromatic heterocycles. The molecule has 2 unspecified atom stereocenters. The molecule has 20 heavy (non-hydrogen) atoms. The summed E-state index contributed by atoms with van der Waals surface area (Å²) in [6.45, 7) is 8.82. The van der Waals surface area contributed by atoms with Gasteiger partial charge >= 0.3 is 12.1 Å². The minimum absolute atomic E-state index is 0.0215. The molecule has 1 rings (SSSR count). The number of rotatable bonds is 3. The third kappa shape index (κ3) is 3.96. The van der Waals surface area contributed by atoms with Crippen molar-refractivity contribution in [2.45, 2.75) is 50.9 Å². The number of likely N-dealkylation sites (tertiary alicyclic amines) is 1. The summed E-state index contributed by atoms with van der Waals surface area (Å²) in [5.74, 6) is -0.559. The molecular weight excluding hydrogens is 262 g/mol. The molecule has 0 bridgehead atoms. The number of hydrogen-bond donors (Lipinski definition) is 1. The number of carbonyl (C=O) groups excluding carboxylic acids is 2. The van der Waals surface area contributed by atoms with Gasteiger partial charge in [0.25, 0.3) is 0 Å². The zero-order chi connectivity index (χ0) is 15.6. The molecular formula is C14H23NO5. The molecule has 0 aromatic carbocycles. The van der Waals surface area contributed by atoms with Crippen molar-refractivity contribution in [3.8, 4) is 0 Å². The smallest absolute Gasteiger partial charge is 0.411 e. The van der Waals surface area contributed by atoms with Gasteiger partial charge in [0.1, 0.15) is 11.6 Å². The minimum Gasteiger partial charge on any atom is -0.467 e. The van der Waals surface area contributed by atoms with Gasteiger partial charge < -0.3 is 14.6 Å². The van der Waals surface area contributed by atoms with E-state index >= 15 is 0 Å². The van der Waals surface area contributed by atoms with Crippen molar-refractivity contribution in [1.29, 1.82) is 0 Å². The Hall–Kier alpha value is -1.56. The molecule has 6 heteroatoms. The van der Waals surface area contributed by atoms with Gasteiger partial charge in [0.05, 0.1) is 19.3 Å². The molecule has 6 nitrogen and oxygen atoms in total. The van der Waals surface area contributed by atoms with Crippen molar-refractivity contribution in [3.63, 3.8) is 0 Å². The lowest BCUT2D eigenvalue weighted by molar-refractivity contribution is -0.145. The lowest BCUT2D eigenvalue weighted by Crippen LogP contribution is -2.44. The second-order valence-electron chi connectivity index (χ2n) is 6.07. The average molecular weight is 285 g/mol. The summed E-state index contributed by atoms with van der Waals surface area (Å²) in [6.07, 6.45) is 1.34. The molecule has 0 aromatic rings. The van der Waals surface area contributed by atoms with Crippen molar-refractivity contribution >= 4 is 12.1 Å². The van der Waals surface area contributed by atoms with Crippen molar-refractivity contribution < 1.29 is 24.2 Å². The van der Waals surface area contributed by atoms with Crippen LogP contribution in [0.2, 0.25) is 0 Å². The highest BCUT2D eigenvalue weighted by Crippen LogP contribution is 2.32. The SMILES string of the molecule is C=CCC1(O)CC(C(=O)OC)N(C(=O)OC(C)(C)C)C1. The van der Waals surface area contributed by atoms with Crippen LogP contribution in [-0.4, -0.2) is 53.0 Å². The number of nitrogens with zero attached hydrogens (tertiary/aromatic N) is 1. The number of amides is 1. The van der Waals surface area contributed by atoms with Crippen molar-refractivity contribution in [2.75, 3.05) is 13.7 Å². The highest BCUT2D eigenvalue weighted by molar-refractivity contribution is 5.82. The molecule has 0 radical (unpaired) electrons. The van der Waals surface area contributed by atoms with E-state index in [0.29, 0.717) is 6.42 Å². The Bertz CT molecular complexity index is 401. The van der Waals surface area contributed by atoms with Crippen LogP contribution in [0.1, 0.15) is 33.6 Å². The molecule has 1 amide bonds. The van der Waals surface area contributed by atoms with Crippen LogP contribution in [0, 0.1) is 0 Å². The van der Waals surface area contributed by atoms with Crippen LogP contribution in [0.25, 0.3) is 0 Å². The third-order valence-electron chi connectivity index (χ3n) is 3.04. The first-order chi connectivity index (χ1) is 9.12. The van der Waals surface area contributed by atoms with E-state index in [9.17, 15) is 14.7 Å². The first-order valence-electron chi connectivity index (χ1n) is 6.52. The minimum atomic E-state index is -1.17. The summed E-state index contributed by atoms with van der Waals surface area (Å²) in [6, 6.07) is -0.834. The summed E-state index contributed by atoms with van der Waals surface area (Å²) >= 11 is 0. The van der Waals surface area contributed by atoms with E-state index in [2.05, 4.69) is 6.58 Å². The van der Waals surface area contributed by atoms with Crippen molar-refractivity contribution in [3.05, 3.63) is 12.7 Å². The zero-order valence-electron chi connectivity index (χ0n) is 12.5. The molecule has 1 fully saturated rings. The van der Waals surface area contributed by atoms with E-state index in [4.69, 9.17) is 9.47 Å². The summed E-state index contributed by atoms with van der Waals surface area (Å²) in [4.78, 5) is 25.1. The number of hydrogen-bond acceptors (Lipinski definition) is 5. The maximum atomic E-state index is 12.1. The molecule has 1 aliphatic heterocycles. The number of β-amino-alcohol motifs (C(OH)–C–C–N with tert-alkyl or cyclic N) is 1. The summed E-state index contributed by atoms with van der Waals surface area (Å²) in [5.41, 5.74) is -1.84. The summed E-state index contributed by atoms with van der Waals surface area (Å²) < 4.78 is 9.95. The monoisotopic (exact) mass is 285 g/mol. The van der Waals surface area contributed by atoms with E-state index in [1.54, 1.807) is 26.8 Å². The van der Waals surface area contributed by atoms with Gasteiger partial charge in [-0.2, -0.15) is 0 Å². The van der Waals surface area contributed by atoms with E-state index in [1.165, 1.54) is 12.0 Å². The molecule has 1 N–H and O–H groups in total. The maximum absolute atomic E-state index is 12.1. The Kier molecular flexibility index (Phi) is 4.81. The van der Waals surface area contributed by atoms with Crippen LogP contribution in [0.15, 0.2) is 12.7 Å². The second-order valence-corrected chi connectivity index (χ2v) is 6.07. The fourth-order valence-corrected chi connectivity index (χ4v) is 2.24. The third-order valence-corrected chi connectivity index (χ3v) is 3.04. The molecule has 0 saturated carbocycles. The molecule has 0 spiro atoms. The van der Waals surface area contributed by atoms with Crippen LogP contribution in [0.5, 0.6) is 0 Å². The van der Waals surface area contributed by atoms with Gasteiger partial charge in [0.2, 0.25) is 0 Å². The highest BCUT2D eigenvalue weighted by atomic mass is 16.6. The first-order valence-corrected chi connectivity index (χ1v) is 6.52. The maximum Gasteiger partial charge on any atom is 0.411 e. The molecule has 0 aliphatic carbocycles. The normalized spacial score (nSPS) is 26.2. The van der Waals surface area contributed by atoms with Gasteiger partial charge in [-0.05, 0) is 27.2 Å². The van der Waals surface area contributed by atoms with Gasteiger partial charge in [0, 0.05) is 6.42 Å². The molecule has 1 aliphatic rings. The Morgan fingerprint density at radius 2 is 2.10 bits per heavy atom. The largest absolute Gasteiger partial charge is 0.467 e. The fourth-order valence-electron chi connectivity index (χ4n) is 2.24. The summed E-state index contributed by atoms with van der Waals surface area (Å²) in [7, 11) is 1.25. The number of esters is 1. The lowest BCUT2D eigenvalue weighted by atomic mass is 9.96. The molecule has 2 atom stereocenters. The Morgan fingerprint density at radius 1 is 1.50 bits per heavy atom. The Morgan fingerprint density at radius 3 is 2.55 bits per heavy atom. The lowest BCUT2D eigenvalue weighted by Gasteiger charge is -2.27. The first kappa shape index (κ1) is 16.5. The fraction of sp³-hybridized carbons (Fsp3) is 0.714. The van der Waals surface area contributed by atoms with Gasteiger partial charge in [-0.25, -0.2) is 9.59 Å². The molecule has 114 valence electrons. The number of aliphatic hydroxyl groups is 1. The van der Waals surface area contributed by atoms with E-state index in [1.807, 2.05) is 0 Å². The standard InChI is InChI=1S/C14H23NO5/c1-6-7-14(18)8-10(11(16)19-5)15(9-14)12(17)20-13(2,3)4/h6,10,18H,1,7-9H2,2-5H3. The Labute approximate surface area is 119 Å². The number of carbonyl (C=O) groups is 2. The van der Waals surface area contributed by atoms with Crippen molar-refractivity contribution in [2.24, 2.45) is 0 Å². The van der Waals surface area contributed by atoms with E-state index in [-0.39, 0.29) is 13.0 Å². The van der Waals surface area contributed by atoms with Gasteiger partial charge in [-0.1, -0.05) is 6.08 Å². The highest BCUT2D eigenvalue weighted by Gasteiger charge is 2.49. The topological polar surface area (TPSA) is 76.1 Å². The van der Waals surface area contributed by atoms with Crippen LogP contribution >= 0.6 is 0 Å². The Balaban J connectivity index is 2.92. The average Bonchev–Trinajstić information content (AvgIpc) is 2.65. The van der Waals surface area contributed by atoms with Crippen LogP contribution in [-0.2, 0) is 14.3 Å². The predicted molar refractivity (Wildman–Crippen MR) is 73.1 cm³/mol. The van der Waals surface area contributed by atoms with Crippen molar-refractivity contribution in [1.82, 2.24) is 4.90 Å². The van der Waals surface area contributed by atoms with Gasteiger partial charge in [0.15, 0.2) is 0 Å². The number of ether oxygens (including phenoxy) is 2. The molecule has 1 saturated heterocycles. The van der Waals surface area contributed by atoms with E-state index < -0.39 is 29.3 Å². The predicted octanol–water partition coefficient (Wildman–Crippen LogP) is 1.48. The molecule has 1 heterocycles. The van der Waals surface area contributed by atoms with Crippen LogP contribution in [0.3, 0.4) is 0 Å². The second kappa shape index (κ2) is 5.83. The summed E-state index contributed by atoms with van der Waals surface area (Å²) in [5, 5.41) is 10.4. The van der Waals surface area contributed by atoms with E-state index in [0.717, 1.165) is 0 Å². The van der Waals surface area contributed by atoms with Crippen LogP contribution < -0.4 is 0 Å². The van der Waals surface area contributed by atoms with Gasteiger partial charge in [-0.15, -0.1) is 6.58 Å². The quantitative estimate of drug-likeness (QED) is 0.628. The number of methoxy groups -OCH3 is 1. The zero-order valence-corrected chi connectivity index (χ0v) is 12.5. The van der Waals surface area contributed by atoms with Gasteiger partial charge in [-0.3, -0.25) is 4.90 Å². The van der Waals surface area contributed by atoms with Crippen LogP contribution in [0.4, 0.5) is 4.79 Å².